The number of benzene rings is 2. The zero-order valence-electron chi connectivity index (χ0n) is 12.1. The molecule has 1 atom stereocenters. The molecule has 21 heavy (non-hydrogen) atoms. The van der Waals surface area contributed by atoms with Crippen molar-refractivity contribution in [3.8, 4) is 5.75 Å². The number of hydrogen-bond donors (Lipinski definition) is 1. The maximum absolute atomic E-state index is 11.9. The molecule has 1 N–H and O–H groups in total. The Morgan fingerprint density at radius 3 is 2.48 bits per heavy atom. The molecule has 4 nitrogen and oxygen atoms in total. The van der Waals surface area contributed by atoms with E-state index in [0.717, 1.165) is 11.1 Å². The van der Waals surface area contributed by atoms with Gasteiger partial charge in [-0.25, -0.2) is 5.43 Å². The van der Waals surface area contributed by atoms with Gasteiger partial charge >= 0.3 is 0 Å². The molecule has 0 aliphatic carbocycles. The van der Waals surface area contributed by atoms with Crippen molar-refractivity contribution in [3.63, 3.8) is 0 Å². The van der Waals surface area contributed by atoms with Gasteiger partial charge in [-0.3, -0.25) is 4.79 Å². The van der Waals surface area contributed by atoms with Gasteiger partial charge in [0, 0.05) is 0 Å². The highest BCUT2D eigenvalue weighted by Crippen LogP contribution is 2.13. The highest BCUT2D eigenvalue weighted by molar-refractivity contribution is 5.84. The molecule has 0 fully saturated rings. The van der Waals surface area contributed by atoms with Gasteiger partial charge < -0.3 is 4.74 Å². The quantitative estimate of drug-likeness (QED) is 0.677. The second-order valence-corrected chi connectivity index (χ2v) is 4.72. The van der Waals surface area contributed by atoms with E-state index < -0.39 is 6.10 Å². The number of rotatable bonds is 5. The van der Waals surface area contributed by atoms with E-state index in [1.807, 2.05) is 61.5 Å². The van der Waals surface area contributed by atoms with Crippen LogP contribution in [0.5, 0.6) is 5.75 Å². The summed E-state index contributed by atoms with van der Waals surface area (Å²) in [5.74, 6) is 0.373. The van der Waals surface area contributed by atoms with Crippen LogP contribution < -0.4 is 10.2 Å². The zero-order valence-corrected chi connectivity index (χ0v) is 12.1. The summed E-state index contributed by atoms with van der Waals surface area (Å²) >= 11 is 0. The van der Waals surface area contributed by atoms with Gasteiger partial charge in [0.15, 0.2) is 6.10 Å². The lowest BCUT2D eigenvalue weighted by Gasteiger charge is -2.12. The molecule has 0 radical (unpaired) electrons. The molecule has 1 unspecified atom stereocenters. The average Bonchev–Trinajstić information content (AvgIpc) is 2.50. The SMILES string of the molecule is Cc1ccc(OC(C)C(=O)NN=Cc2ccccc2)cc1. The predicted molar refractivity (Wildman–Crippen MR) is 83.4 cm³/mol. The number of aryl methyl sites for hydroxylation is 1. The van der Waals surface area contributed by atoms with Crippen molar-refractivity contribution < 1.29 is 9.53 Å². The second kappa shape index (κ2) is 7.24. The van der Waals surface area contributed by atoms with E-state index in [9.17, 15) is 4.79 Å². The maximum atomic E-state index is 11.9. The maximum Gasteiger partial charge on any atom is 0.280 e. The number of nitrogens with one attached hydrogen (secondary N) is 1. The van der Waals surface area contributed by atoms with Gasteiger partial charge in [0.05, 0.1) is 6.21 Å². The molecule has 2 rings (SSSR count). The Bertz CT molecular complexity index is 606. The molecule has 4 heteroatoms. The van der Waals surface area contributed by atoms with E-state index in [1.165, 1.54) is 0 Å². The number of carbonyl (C=O) groups excluding carboxylic acids is 1. The Morgan fingerprint density at radius 1 is 1.14 bits per heavy atom. The van der Waals surface area contributed by atoms with Gasteiger partial charge in [0.25, 0.3) is 5.91 Å². The van der Waals surface area contributed by atoms with Crippen molar-refractivity contribution in [3.05, 3.63) is 65.7 Å². The average molecular weight is 282 g/mol. The fourth-order valence-corrected chi connectivity index (χ4v) is 1.67. The fraction of sp³-hybridized carbons (Fsp3) is 0.176. The topological polar surface area (TPSA) is 50.7 Å². The van der Waals surface area contributed by atoms with Gasteiger partial charge in [-0.1, -0.05) is 48.0 Å². The van der Waals surface area contributed by atoms with Gasteiger partial charge in [-0.15, -0.1) is 0 Å². The van der Waals surface area contributed by atoms with Crippen molar-refractivity contribution in [2.24, 2.45) is 5.10 Å². The minimum Gasteiger partial charge on any atom is -0.481 e. The van der Waals surface area contributed by atoms with E-state index >= 15 is 0 Å². The minimum atomic E-state index is -0.611. The molecule has 0 aromatic heterocycles. The van der Waals surface area contributed by atoms with Gasteiger partial charge in [0.1, 0.15) is 5.75 Å². The summed E-state index contributed by atoms with van der Waals surface area (Å²) in [6, 6.07) is 17.1. The number of amides is 1. The number of hydrogen-bond acceptors (Lipinski definition) is 3. The monoisotopic (exact) mass is 282 g/mol. The molecule has 0 aliphatic rings. The van der Waals surface area contributed by atoms with Crippen molar-refractivity contribution in [2.45, 2.75) is 20.0 Å². The van der Waals surface area contributed by atoms with E-state index in [-0.39, 0.29) is 5.91 Å². The van der Waals surface area contributed by atoms with Crippen LogP contribution in [0.15, 0.2) is 59.7 Å². The van der Waals surface area contributed by atoms with Crippen LogP contribution in [0.4, 0.5) is 0 Å². The number of ether oxygens (including phenoxy) is 1. The van der Waals surface area contributed by atoms with Crippen LogP contribution in [0, 0.1) is 6.92 Å². The van der Waals surface area contributed by atoms with E-state index in [0.29, 0.717) is 5.75 Å². The normalized spacial score (nSPS) is 12.1. The van der Waals surface area contributed by atoms with Crippen molar-refractivity contribution in [1.29, 1.82) is 0 Å². The third-order valence-electron chi connectivity index (χ3n) is 2.89. The van der Waals surface area contributed by atoms with Crippen LogP contribution in [0.1, 0.15) is 18.1 Å². The van der Waals surface area contributed by atoms with E-state index in [4.69, 9.17) is 4.74 Å². The molecule has 0 saturated heterocycles. The summed E-state index contributed by atoms with van der Waals surface area (Å²) in [6.45, 7) is 3.69. The molecule has 0 spiro atoms. The summed E-state index contributed by atoms with van der Waals surface area (Å²) in [5, 5.41) is 3.91. The molecule has 0 bridgehead atoms. The standard InChI is InChI=1S/C17H18N2O2/c1-13-8-10-16(11-9-13)21-14(2)17(20)19-18-12-15-6-4-3-5-7-15/h3-12,14H,1-2H3,(H,19,20). The smallest absolute Gasteiger partial charge is 0.280 e. The van der Waals surface area contributed by atoms with Crippen molar-refractivity contribution in [1.82, 2.24) is 5.43 Å². The highest BCUT2D eigenvalue weighted by atomic mass is 16.5. The van der Waals surface area contributed by atoms with E-state index in [1.54, 1.807) is 13.1 Å². The van der Waals surface area contributed by atoms with Gasteiger partial charge in [-0.2, -0.15) is 5.10 Å². The molecular formula is C17H18N2O2. The Labute approximate surface area is 124 Å². The largest absolute Gasteiger partial charge is 0.481 e. The lowest BCUT2D eigenvalue weighted by molar-refractivity contribution is -0.127. The predicted octanol–water partition coefficient (Wildman–Crippen LogP) is 2.91. The molecule has 2 aromatic carbocycles. The molecule has 0 aliphatic heterocycles. The van der Waals surface area contributed by atoms with Crippen LogP contribution in [-0.4, -0.2) is 18.2 Å². The number of carbonyl (C=O) groups is 1. The summed E-state index contributed by atoms with van der Waals surface area (Å²) < 4.78 is 5.55. The number of hydrazone groups is 1. The van der Waals surface area contributed by atoms with Crippen LogP contribution in [0.3, 0.4) is 0 Å². The van der Waals surface area contributed by atoms with Gasteiger partial charge in [-0.05, 0) is 31.5 Å². The van der Waals surface area contributed by atoms with E-state index in [2.05, 4.69) is 10.5 Å². The fourth-order valence-electron chi connectivity index (χ4n) is 1.67. The zero-order chi connectivity index (χ0) is 15.1. The Morgan fingerprint density at radius 2 is 1.81 bits per heavy atom. The molecule has 0 saturated carbocycles. The first-order valence-electron chi connectivity index (χ1n) is 6.76. The summed E-state index contributed by atoms with van der Waals surface area (Å²) in [5.41, 5.74) is 4.53. The number of nitrogens with zero attached hydrogens (tertiary/aromatic N) is 1. The lowest BCUT2D eigenvalue weighted by atomic mass is 10.2. The third kappa shape index (κ3) is 4.76. The minimum absolute atomic E-state index is 0.289. The highest BCUT2D eigenvalue weighted by Gasteiger charge is 2.13. The molecule has 2 aromatic rings. The first-order chi connectivity index (χ1) is 10.1. The molecule has 108 valence electrons. The molecule has 1 amide bonds. The molecular weight excluding hydrogens is 264 g/mol. The van der Waals surface area contributed by atoms with Crippen LogP contribution in [0.25, 0.3) is 0 Å². The van der Waals surface area contributed by atoms with Crippen molar-refractivity contribution >= 4 is 12.1 Å². The first-order valence-corrected chi connectivity index (χ1v) is 6.76. The summed E-state index contributed by atoms with van der Waals surface area (Å²) in [6.07, 6.45) is 0.983. The second-order valence-electron chi connectivity index (χ2n) is 4.72. The Balaban J connectivity index is 1.85. The first kappa shape index (κ1) is 14.8. The third-order valence-corrected chi connectivity index (χ3v) is 2.89. The van der Waals surface area contributed by atoms with Crippen molar-refractivity contribution in [2.75, 3.05) is 0 Å². The summed E-state index contributed by atoms with van der Waals surface area (Å²) in [4.78, 5) is 11.9. The van der Waals surface area contributed by atoms with Gasteiger partial charge in [0.2, 0.25) is 0 Å². The Kier molecular flexibility index (Phi) is 5.10. The Hall–Kier alpha value is -2.62. The van der Waals surface area contributed by atoms with Crippen LogP contribution >= 0.6 is 0 Å². The van der Waals surface area contributed by atoms with Crippen LogP contribution in [0.2, 0.25) is 0 Å². The molecule has 0 heterocycles. The van der Waals surface area contributed by atoms with Crippen LogP contribution in [-0.2, 0) is 4.79 Å². The summed E-state index contributed by atoms with van der Waals surface area (Å²) in [7, 11) is 0. The lowest BCUT2D eigenvalue weighted by Crippen LogP contribution is -2.33.